The Morgan fingerprint density at radius 1 is 1.27 bits per heavy atom. The third-order valence-electron chi connectivity index (χ3n) is 9.86. The Labute approximate surface area is 186 Å². The van der Waals surface area contributed by atoms with Crippen LogP contribution in [0.15, 0.2) is 18.3 Å². The molecule has 1 aromatic rings. The molecule has 0 radical (unpaired) electrons. The van der Waals surface area contributed by atoms with E-state index in [-0.39, 0.29) is 0 Å². The first kappa shape index (κ1) is 21.1. The van der Waals surface area contributed by atoms with Crippen LogP contribution in [0, 0.1) is 34.5 Å². The van der Waals surface area contributed by atoms with Gasteiger partial charge in [-0.05, 0) is 85.1 Å². The zero-order valence-corrected chi connectivity index (χ0v) is 19.8. The lowest BCUT2D eigenvalue weighted by molar-refractivity contribution is -0.0480. The minimum absolute atomic E-state index is 0.302. The zero-order valence-electron chi connectivity index (χ0n) is 19.0. The van der Waals surface area contributed by atoms with Crippen LogP contribution in [0.2, 0.25) is 0 Å². The van der Waals surface area contributed by atoms with Crippen molar-refractivity contribution in [3.63, 3.8) is 0 Å². The molecular formula is C25H40N4S. The number of thioether (sulfide) groups is 1. The van der Waals surface area contributed by atoms with Crippen molar-refractivity contribution in [2.75, 3.05) is 37.7 Å². The minimum Gasteiger partial charge on any atom is -0.330 e. The molecule has 30 heavy (non-hydrogen) atoms. The summed E-state index contributed by atoms with van der Waals surface area (Å²) in [6.45, 7) is 14.2. The second kappa shape index (κ2) is 7.97. The summed E-state index contributed by atoms with van der Waals surface area (Å²) in [5, 5.41) is 7.76. The lowest BCUT2D eigenvalue weighted by Crippen LogP contribution is -2.54. The fraction of sp³-hybridized carbons (Fsp3) is 0.800. The predicted octanol–water partition coefficient (Wildman–Crippen LogP) is 4.14. The number of aromatic nitrogens is 2. The average Bonchev–Trinajstić information content (AvgIpc) is 3.31. The van der Waals surface area contributed by atoms with Crippen LogP contribution in [0.1, 0.15) is 50.8 Å². The third-order valence-corrected chi connectivity index (χ3v) is 10.8. The monoisotopic (exact) mass is 428 g/mol. The SMILES string of the molecule is C=C1CCC2C(CN)C([C@]3(C)Cc4cn[nH]c4C[C@@H]3CN3CCSCC3)CCC12C. The molecule has 2 saturated carbocycles. The highest BCUT2D eigenvalue weighted by Gasteiger charge is 2.56. The molecule has 0 aromatic carbocycles. The smallest absolute Gasteiger partial charge is 0.0522 e. The van der Waals surface area contributed by atoms with Crippen LogP contribution in [0.3, 0.4) is 0 Å². The van der Waals surface area contributed by atoms with Gasteiger partial charge in [-0.2, -0.15) is 16.9 Å². The van der Waals surface area contributed by atoms with Gasteiger partial charge in [0, 0.05) is 36.8 Å². The Bertz CT molecular complexity index is 784. The molecule has 1 saturated heterocycles. The van der Waals surface area contributed by atoms with E-state index in [4.69, 9.17) is 5.73 Å². The summed E-state index contributed by atoms with van der Waals surface area (Å²) >= 11 is 2.11. The molecule has 0 bridgehead atoms. The van der Waals surface area contributed by atoms with Crippen LogP contribution < -0.4 is 5.73 Å². The lowest BCUT2D eigenvalue weighted by atomic mass is 9.49. The van der Waals surface area contributed by atoms with E-state index in [0.29, 0.717) is 28.6 Å². The summed E-state index contributed by atoms with van der Waals surface area (Å²) < 4.78 is 0. The van der Waals surface area contributed by atoms with E-state index in [1.54, 1.807) is 0 Å². The number of fused-ring (bicyclic) bond motifs is 2. The van der Waals surface area contributed by atoms with Crippen molar-refractivity contribution in [2.24, 2.45) is 40.2 Å². The van der Waals surface area contributed by atoms with E-state index in [9.17, 15) is 0 Å². The van der Waals surface area contributed by atoms with Crippen molar-refractivity contribution in [3.05, 3.63) is 29.6 Å². The van der Waals surface area contributed by atoms with Gasteiger partial charge in [0.15, 0.2) is 0 Å². The Kier molecular flexibility index (Phi) is 5.60. The minimum atomic E-state index is 0.302. The molecule has 6 atom stereocenters. The van der Waals surface area contributed by atoms with Crippen molar-refractivity contribution in [1.29, 1.82) is 0 Å². The van der Waals surface area contributed by atoms with Gasteiger partial charge >= 0.3 is 0 Å². The number of hydrogen-bond donors (Lipinski definition) is 2. The molecule has 3 N–H and O–H groups in total. The fourth-order valence-corrected chi connectivity index (χ4v) is 8.82. The van der Waals surface area contributed by atoms with Crippen molar-refractivity contribution in [1.82, 2.24) is 15.1 Å². The van der Waals surface area contributed by atoms with Crippen LogP contribution in [0.5, 0.6) is 0 Å². The van der Waals surface area contributed by atoms with Crippen molar-refractivity contribution in [2.45, 2.75) is 52.4 Å². The quantitative estimate of drug-likeness (QED) is 0.708. The van der Waals surface area contributed by atoms with Gasteiger partial charge in [0.1, 0.15) is 0 Å². The van der Waals surface area contributed by atoms with E-state index >= 15 is 0 Å². The summed E-state index contributed by atoms with van der Waals surface area (Å²) in [5.41, 5.74) is 11.5. The highest BCUT2D eigenvalue weighted by Crippen LogP contribution is 2.62. The Morgan fingerprint density at radius 3 is 2.83 bits per heavy atom. The Balaban J connectivity index is 1.46. The van der Waals surface area contributed by atoms with Crippen LogP contribution in [-0.2, 0) is 12.8 Å². The summed E-state index contributed by atoms with van der Waals surface area (Å²) in [6.07, 6.45) is 9.54. The Morgan fingerprint density at radius 2 is 2.07 bits per heavy atom. The molecular weight excluding hydrogens is 388 g/mol. The summed E-state index contributed by atoms with van der Waals surface area (Å²) in [4.78, 5) is 2.74. The number of allylic oxidation sites excluding steroid dienone is 1. The molecule has 4 unspecified atom stereocenters. The lowest BCUT2D eigenvalue weighted by Gasteiger charge is -2.56. The van der Waals surface area contributed by atoms with E-state index in [1.165, 1.54) is 73.7 Å². The number of nitrogens with zero attached hydrogens (tertiary/aromatic N) is 2. The maximum absolute atomic E-state index is 6.56. The molecule has 0 amide bonds. The van der Waals surface area contributed by atoms with Gasteiger partial charge in [-0.1, -0.05) is 26.0 Å². The molecule has 4 nitrogen and oxygen atoms in total. The molecule has 4 aliphatic rings. The van der Waals surface area contributed by atoms with Crippen LogP contribution in [-0.4, -0.2) is 52.8 Å². The van der Waals surface area contributed by atoms with Gasteiger partial charge in [0.2, 0.25) is 0 Å². The molecule has 1 aromatic heterocycles. The maximum atomic E-state index is 6.56. The first-order valence-electron chi connectivity index (χ1n) is 12.2. The van der Waals surface area contributed by atoms with E-state index in [0.717, 1.165) is 25.3 Å². The van der Waals surface area contributed by atoms with Gasteiger partial charge in [-0.3, -0.25) is 5.10 Å². The van der Waals surface area contributed by atoms with Crippen LogP contribution >= 0.6 is 11.8 Å². The Hall–Kier alpha value is -0.780. The highest BCUT2D eigenvalue weighted by molar-refractivity contribution is 7.99. The fourth-order valence-electron chi connectivity index (χ4n) is 7.85. The predicted molar refractivity (Wildman–Crippen MR) is 127 cm³/mol. The normalized spacial score (nSPS) is 42.2. The number of hydrogen-bond acceptors (Lipinski definition) is 4. The van der Waals surface area contributed by atoms with Gasteiger partial charge < -0.3 is 10.6 Å². The van der Waals surface area contributed by atoms with Crippen LogP contribution in [0.4, 0.5) is 0 Å². The van der Waals surface area contributed by atoms with Crippen LogP contribution in [0.25, 0.3) is 0 Å². The molecule has 0 spiro atoms. The number of nitrogens with two attached hydrogens (primary N) is 1. The molecule has 1 aliphatic heterocycles. The first-order valence-corrected chi connectivity index (χ1v) is 13.3. The second-order valence-corrected chi connectivity index (χ2v) is 12.3. The highest BCUT2D eigenvalue weighted by atomic mass is 32.2. The third kappa shape index (κ3) is 3.31. The molecule has 3 aliphatic carbocycles. The summed E-state index contributed by atoms with van der Waals surface area (Å²) in [6, 6.07) is 0. The molecule has 5 heteroatoms. The zero-order chi connectivity index (χ0) is 20.9. The number of H-pyrrole nitrogens is 1. The summed E-state index contributed by atoms with van der Waals surface area (Å²) in [7, 11) is 0. The average molecular weight is 429 g/mol. The molecule has 5 rings (SSSR count). The van der Waals surface area contributed by atoms with Crippen molar-refractivity contribution < 1.29 is 0 Å². The standard InChI is InChI=1S/C25H40N4S/c1-17-4-5-21-20(14-26)22(6-7-24(17,21)2)25(3)13-18-15-27-28-23(18)12-19(25)16-29-8-10-30-11-9-29/h15,19-22H,1,4-14,16,26H2,2-3H3,(H,27,28)/t19-,20?,21?,22?,24?,25-/m1/s1. The van der Waals surface area contributed by atoms with Gasteiger partial charge in [-0.25, -0.2) is 0 Å². The number of nitrogens with one attached hydrogen (secondary N) is 1. The van der Waals surface area contributed by atoms with E-state index in [2.05, 4.69) is 53.5 Å². The van der Waals surface area contributed by atoms with Gasteiger partial charge in [0.25, 0.3) is 0 Å². The van der Waals surface area contributed by atoms with E-state index in [1.807, 2.05) is 0 Å². The molecule has 2 heterocycles. The first-order chi connectivity index (χ1) is 14.5. The van der Waals surface area contributed by atoms with E-state index < -0.39 is 0 Å². The topological polar surface area (TPSA) is 57.9 Å². The van der Waals surface area contributed by atoms with Gasteiger partial charge in [0.05, 0.1) is 6.20 Å². The maximum Gasteiger partial charge on any atom is 0.0522 e. The van der Waals surface area contributed by atoms with Crippen molar-refractivity contribution in [3.8, 4) is 0 Å². The number of aromatic amines is 1. The van der Waals surface area contributed by atoms with Crippen molar-refractivity contribution >= 4 is 11.8 Å². The van der Waals surface area contributed by atoms with Gasteiger partial charge in [-0.15, -0.1) is 0 Å². The molecule has 3 fully saturated rings. The second-order valence-electron chi connectivity index (χ2n) is 11.1. The summed E-state index contributed by atoms with van der Waals surface area (Å²) in [5.74, 6) is 5.32. The molecule has 166 valence electrons. The largest absolute Gasteiger partial charge is 0.330 e. The number of rotatable bonds is 4.